The van der Waals surface area contributed by atoms with E-state index in [0.717, 1.165) is 42.6 Å². The van der Waals surface area contributed by atoms with Gasteiger partial charge in [0.15, 0.2) is 12.5 Å². The van der Waals surface area contributed by atoms with Crippen LogP contribution in [-0.2, 0) is 11.5 Å². The van der Waals surface area contributed by atoms with Crippen LogP contribution in [0.5, 0.6) is 17.2 Å². The number of rotatable bonds is 9. The van der Waals surface area contributed by atoms with Gasteiger partial charge in [0.2, 0.25) is 0 Å². The fourth-order valence-electron chi connectivity index (χ4n) is 4.80. The molecule has 0 saturated carbocycles. The Balaban J connectivity index is 1.36. The van der Waals surface area contributed by atoms with Crippen molar-refractivity contribution in [2.45, 2.75) is 26.5 Å². The van der Waals surface area contributed by atoms with Crippen LogP contribution in [0.4, 0.5) is 0 Å². The lowest BCUT2D eigenvalue weighted by Gasteiger charge is -2.14. The Labute approximate surface area is 250 Å². The van der Waals surface area contributed by atoms with Gasteiger partial charge in [0.25, 0.3) is 5.56 Å². The Hall–Kier alpha value is -4.66. The number of aliphatic carboxylic acids is 1. The maximum Gasteiger partial charge on any atom is 0.328 e. The van der Waals surface area contributed by atoms with Gasteiger partial charge in [-0.25, -0.2) is 8.75 Å². The van der Waals surface area contributed by atoms with E-state index in [0.29, 0.717) is 22.8 Å². The largest absolute Gasteiger partial charge is 0.478 e. The summed E-state index contributed by atoms with van der Waals surface area (Å²) in [5, 5.41) is 10.6. The summed E-state index contributed by atoms with van der Waals surface area (Å²) >= 11 is 3.03. The molecule has 6 rings (SSSR count). The van der Waals surface area contributed by atoms with Gasteiger partial charge in [-0.15, -0.1) is 11.3 Å². The molecule has 0 spiro atoms. The molecule has 0 unspecified atom stereocenters. The minimum Gasteiger partial charge on any atom is -0.478 e. The topological polar surface area (TPSA) is 77.8 Å². The number of aromatic nitrogens is 1. The van der Waals surface area contributed by atoms with Crippen molar-refractivity contribution in [2.75, 3.05) is 0 Å². The molecular weight excluding hydrogens is 567 g/mol. The number of ether oxygens (including phenoxy) is 2. The van der Waals surface area contributed by atoms with Crippen molar-refractivity contribution < 1.29 is 19.4 Å². The summed E-state index contributed by atoms with van der Waals surface area (Å²) in [5.74, 6) is 1.39. The SMILES string of the molecule is CC(C)c1ccccc1-c1sc2cc(OCn3sc4ccccc4c3=O)ccc2c1Oc1ccc(/C=C/C(=O)O)cc1. The van der Waals surface area contributed by atoms with Crippen molar-refractivity contribution >= 4 is 55.1 Å². The van der Waals surface area contributed by atoms with E-state index in [9.17, 15) is 9.59 Å². The van der Waals surface area contributed by atoms with Gasteiger partial charge >= 0.3 is 5.97 Å². The Morgan fingerprint density at radius 3 is 2.40 bits per heavy atom. The Bertz CT molecular complexity index is 2000. The smallest absolute Gasteiger partial charge is 0.328 e. The maximum absolute atomic E-state index is 12.8. The second-order valence-corrected chi connectivity index (χ2v) is 12.2. The van der Waals surface area contributed by atoms with E-state index < -0.39 is 5.97 Å². The molecule has 4 aromatic carbocycles. The van der Waals surface area contributed by atoms with Crippen molar-refractivity contribution in [3.05, 3.63) is 119 Å². The molecule has 1 N–H and O–H groups in total. The molecule has 2 heterocycles. The molecular formula is C34H27NO5S2. The number of carboxylic acids is 1. The summed E-state index contributed by atoms with van der Waals surface area (Å²) in [4.78, 5) is 24.7. The second kappa shape index (κ2) is 11.7. The van der Waals surface area contributed by atoms with Crippen LogP contribution in [0, 0.1) is 0 Å². The molecule has 2 aromatic heterocycles. The molecule has 6 nitrogen and oxygen atoms in total. The van der Waals surface area contributed by atoms with E-state index in [-0.39, 0.29) is 12.3 Å². The van der Waals surface area contributed by atoms with Crippen molar-refractivity contribution in [1.29, 1.82) is 0 Å². The minimum absolute atomic E-state index is 0.0551. The zero-order chi connectivity index (χ0) is 29.2. The van der Waals surface area contributed by atoms with Gasteiger partial charge in [0, 0.05) is 16.2 Å². The van der Waals surface area contributed by atoms with Crippen LogP contribution in [0.1, 0.15) is 30.9 Å². The van der Waals surface area contributed by atoms with Gasteiger partial charge < -0.3 is 14.6 Å². The van der Waals surface area contributed by atoms with Crippen LogP contribution in [0.3, 0.4) is 0 Å². The molecule has 0 aliphatic carbocycles. The summed E-state index contributed by atoms with van der Waals surface area (Å²) in [7, 11) is 0. The van der Waals surface area contributed by atoms with E-state index >= 15 is 0 Å². The molecule has 210 valence electrons. The van der Waals surface area contributed by atoms with E-state index in [1.807, 2.05) is 72.8 Å². The van der Waals surface area contributed by atoms with Crippen molar-refractivity contribution in [3.63, 3.8) is 0 Å². The number of thiophene rings is 1. The molecule has 0 saturated heterocycles. The third-order valence-corrected chi connectivity index (χ3v) is 9.07. The third-order valence-electron chi connectivity index (χ3n) is 6.86. The molecule has 42 heavy (non-hydrogen) atoms. The van der Waals surface area contributed by atoms with Gasteiger partial charge in [-0.1, -0.05) is 73.9 Å². The molecule has 0 bridgehead atoms. The lowest BCUT2D eigenvalue weighted by atomic mass is 9.96. The van der Waals surface area contributed by atoms with E-state index in [1.54, 1.807) is 21.4 Å². The molecule has 0 amide bonds. The van der Waals surface area contributed by atoms with Gasteiger partial charge in [-0.05, 0) is 71.1 Å². The lowest BCUT2D eigenvalue weighted by Crippen LogP contribution is -2.16. The first-order chi connectivity index (χ1) is 20.4. The Kier molecular flexibility index (Phi) is 7.65. The average Bonchev–Trinajstić information content (AvgIpc) is 3.52. The summed E-state index contributed by atoms with van der Waals surface area (Å²) in [5.41, 5.74) is 3.05. The zero-order valence-corrected chi connectivity index (χ0v) is 24.6. The lowest BCUT2D eigenvalue weighted by molar-refractivity contribution is -0.131. The molecule has 0 radical (unpaired) electrons. The molecule has 0 aliphatic heterocycles. The summed E-state index contributed by atoms with van der Waals surface area (Å²) in [6, 6.07) is 29.1. The van der Waals surface area contributed by atoms with Gasteiger partial charge in [-0.3, -0.25) is 4.79 Å². The first-order valence-corrected chi connectivity index (χ1v) is 15.0. The van der Waals surface area contributed by atoms with Gasteiger partial charge in [0.05, 0.1) is 15.0 Å². The highest BCUT2D eigenvalue weighted by atomic mass is 32.1. The highest BCUT2D eigenvalue weighted by molar-refractivity contribution is 7.22. The predicted octanol–water partition coefficient (Wildman–Crippen LogP) is 8.99. The van der Waals surface area contributed by atoms with Crippen LogP contribution in [-0.4, -0.2) is 15.0 Å². The van der Waals surface area contributed by atoms with E-state index in [2.05, 4.69) is 32.0 Å². The quantitative estimate of drug-likeness (QED) is 0.169. The van der Waals surface area contributed by atoms with Crippen LogP contribution in [0.25, 0.3) is 36.7 Å². The summed E-state index contributed by atoms with van der Waals surface area (Å²) in [6.07, 6.45) is 2.66. The van der Waals surface area contributed by atoms with Gasteiger partial charge in [0.1, 0.15) is 11.5 Å². The molecule has 6 aromatic rings. The highest BCUT2D eigenvalue weighted by Crippen LogP contribution is 2.49. The second-order valence-electron chi connectivity index (χ2n) is 10.0. The van der Waals surface area contributed by atoms with Crippen molar-refractivity contribution in [3.8, 4) is 27.7 Å². The van der Waals surface area contributed by atoms with Crippen LogP contribution >= 0.6 is 22.9 Å². The van der Waals surface area contributed by atoms with Crippen LogP contribution in [0.15, 0.2) is 102 Å². The van der Waals surface area contributed by atoms with Crippen LogP contribution < -0.4 is 15.0 Å². The Morgan fingerprint density at radius 1 is 0.905 bits per heavy atom. The predicted molar refractivity (Wildman–Crippen MR) is 171 cm³/mol. The van der Waals surface area contributed by atoms with Crippen LogP contribution in [0.2, 0.25) is 0 Å². The molecule has 0 atom stereocenters. The number of hydrogen-bond donors (Lipinski definition) is 1. The van der Waals surface area contributed by atoms with E-state index in [4.69, 9.17) is 14.6 Å². The average molecular weight is 594 g/mol. The molecule has 0 fully saturated rings. The minimum atomic E-state index is -0.993. The molecule has 0 aliphatic rings. The number of nitrogens with zero attached hydrogens (tertiary/aromatic N) is 1. The fourth-order valence-corrected chi connectivity index (χ4v) is 6.92. The maximum atomic E-state index is 12.8. The zero-order valence-electron chi connectivity index (χ0n) is 22.9. The monoisotopic (exact) mass is 593 g/mol. The number of carbonyl (C=O) groups is 1. The highest BCUT2D eigenvalue weighted by Gasteiger charge is 2.20. The van der Waals surface area contributed by atoms with Crippen molar-refractivity contribution in [1.82, 2.24) is 3.96 Å². The van der Waals surface area contributed by atoms with E-state index in [1.165, 1.54) is 17.1 Å². The number of benzene rings is 4. The first-order valence-electron chi connectivity index (χ1n) is 13.4. The standard InChI is InChI=1S/C34H27NO5S2/c1-21(2)25-7-3-4-8-26(25)33-32(40-23-14-11-22(12-15-23)13-18-31(36)37)27-17-16-24(19-30(27)41-33)39-20-35-34(38)28-9-5-6-10-29(28)42-35/h3-19,21H,20H2,1-2H3,(H,36,37)/b18-13+. The normalized spacial score (nSPS) is 11.6. The summed E-state index contributed by atoms with van der Waals surface area (Å²) in [6.45, 7) is 4.49. The van der Waals surface area contributed by atoms with Gasteiger partial charge in [-0.2, -0.15) is 0 Å². The summed E-state index contributed by atoms with van der Waals surface area (Å²) < 4.78 is 16.2. The molecule has 8 heteroatoms. The third kappa shape index (κ3) is 5.59. The number of hydrogen-bond acceptors (Lipinski definition) is 6. The Morgan fingerprint density at radius 2 is 1.64 bits per heavy atom. The first kappa shape index (κ1) is 27.5. The van der Waals surface area contributed by atoms with Crippen molar-refractivity contribution in [2.24, 2.45) is 0 Å². The fraction of sp³-hybridized carbons (Fsp3) is 0.118. The number of fused-ring (bicyclic) bond motifs is 2. The number of carboxylic acid groups (broad SMARTS) is 1.